The molecule has 6 amide bonds. The van der Waals surface area contributed by atoms with Gasteiger partial charge in [-0.05, 0) is 25.0 Å². The second-order valence-electron chi connectivity index (χ2n) is 9.42. The molecule has 1 aromatic carbocycles. The number of nitrogens with zero attached hydrogens (tertiary/aromatic N) is 3. The van der Waals surface area contributed by atoms with Gasteiger partial charge in [-0.1, -0.05) is 12.1 Å². The molecule has 0 saturated carbocycles. The van der Waals surface area contributed by atoms with Crippen LogP contribution in [-0.2, 0) is 25.6 Å². The molecule has 2 aliphatic rings. The molecule has 2 aliphatic heterocycles. The number of carbonyl (C=O) groups excluding carboxylic acids is 5. The van der Waals surface area contributed by atoms with Gasteiger partial charge in [-0.25, -0.2) is 14.0 Å². The summed E-state index contributed by atoms with van der Waals surface area (Å²) in [6.45, 7) is 2.95. The second kappa shape index (κ2) is 12.2. The number of pyridine rings is 1. The number of piperazine rings is 1. The average Bonchev–Trinajstić information content (AvgIpc) is 2.93. The van der Waals surface area contributed by atoms with E-state index >= 15 is 4.39 Å². The molecule has 1 aromatic heterocycles. The van der Waals surface area contributed by atoms with Crippen molar-refractivity contribution in [3.8, 4) is 5.75 Å². The molecule has 0 radical (unpaired) electrons. The Morgan fingerprint density at radius 1 is 1.21 bits per heavy atom. The topological polar surface area (TPSA) is 208 Å². The first-order valence-corrected chi connectivity index (χ1v) is 12.8. The maximum Gasteiger partial charge on any atom is 0.547 e. The molecule has 0 bridgehead atoms. The number of hydrogen-bond acceptors (Lipinski definition) is 9. The molecule has 4 rings (SSSR count). The summed E-state index contributed by atoms with van der Waals surface area (Å²) in [4.78, 5) is 80.0. The Morgan fingerprint density at radius 3 is 2.60 bits per heavy atom. The zero-order valence-electron chi connectivity index (χ0n) is 22.4. The average molecular weight is 584 g/mol. The minimum atomic E-state index is -1.88. The van der Waals surface area contributed by atoms with Crippen molar-refractivity contribution in [2.75, 3.05) is 25.0 Å². The quantitative estimate of drug-likeness (QED) is 0.207. The summed E-state index contributed by atoms with van der Waals surface area (Å²) in [5, 5.41) is 27.0. The molecule has 17 heteroatoms. The highest BCUT2D eigenvalue weighted by atomic mass is 19.1. The molecule has 0 aliphatic carbocycles. The molecule has 5 N–H and O–H groups in total. The van der Waals surface area contributed by atoms with Crippen molar-refractivity contribution in [1.29, 1.82) is 0 Å². The molecule has 3 heterocycles. The van der Waals surface area contributed by atoms with Crippen LogP contribution < -0.4 is 20.6 Å². The van der Waals surface area contributed by atoms with Crippen molar-refractivity contribution in [3.05, 3.63) is 53.1 Å². The molecule has 1 saturated heterocycles. The summed E-state index contributed by atoms with van der Waals surface area (Å²) in [5.74, 6) is -7.30. The highest BCUT2D eigenvalue weighted by molar-refractivity contribution is 6.47. The van der Waals surface area contributed by atoms with Crippen molar-refractivity contribution in [3.63, 3.8) is 0 Å². The van der Waals surface area contributed by atoms with E-state index in [0.29, 0.717) is 10.5 Å². The van der Waals surface area contributed by atoms with Crippen LogP contribution in [0.2, 0.25) is 0 Å². The van der Waals surface area contributed by atoms with Gasteiger partial charge in [0.25, 0.3) is 0 Å². The summed E-state index contributed by atoms with van der Waals surface area (Å²) in [6.07, 6.45) is 0.955. The lowest BCUT2D eigenvalue weighted by atomic mass is 9.72. The Hall–Kier alpha value is -5.06. The molecular weight excluding hydrogens is 558 g/mol. The zero-order chi connectivity index (χ0) is 30.7. The Labute approximate surface area is 238 Å². The van der Waals surface area contributed by atoms with Crippen LogP contribution in [0.15, 0.2) is 30.5 Å². The summed E-state index contributed by atoms with van der Waals surface area (Å²) < 4.78 is 20.6. The van der Waals surface area contributed by atoms with Crippen LogP contribution in [0.3, 0.4) is 0 Å². The van der Waals surface area contributed by atoms with Crippen molar-refractivity contribution >= 4 is 48.4 Å². The number of aromatic nitrogens is 1. The van der Waals surface area contributed by atoms with E-state index < -0.39 is 66.2 Å². The Bertz CT molecular complexity index is 1470. The van der Waals surface area contributed by atoms with E-state index in [-0.39, 0.29) is 43.1 Å². The van der Waals surface area contributed by atoms with Gasteiger partial charge < -0.3 is 35.6 Å². The van der Waals surface area contributed by atoms with Gasteiger partial charge in [-0.3, -0.25) is 29.1 Å². The number of anilines is 1. The number of hydrogen-bond donors (Lipinski definition) is 5. The number of benzene rings is 1. The van der Waals surface area contributed by atoms with Crippen LogP contribution in [0.25, 0.3) is 0 Å². The van der Waals surface area contributed by atoms with Crippen LogP contribution >= 0.6 is 0 Å². The largest absolute Gasteiger partial charge is 0.547 e. The number of para-hydroxylation sites is 1. The number of urea groups is 1. The van der Waals surface area contributed by atoms with Gasteiger partial charge in [0.2, 0.25) is 11.8 Å². The molecule has 15 nitrogen and oxygen atoms in total. The number of carbonyl (C=O) groups is 6. The number of nitrogens with one attached hydrogen (secondary N) is 3. The van der Waals surface area contributed by atoms with Crippen LogP contribution in [-0.4, -0.2) is 93.2 Å². The smallest absolute Gasteiger partial charge is 0.534 e. The summed E-state index contributed by atoms with van der Waals surface area (Å²) in [6, 6.07) is 2.09. The van der Waals surface area contributed by atoms with E-state index in [9.17, 15) is 38.9 Å². The Balaban J connectivity index is 1.61. The van der Waals surface area contributed by atoms with E-state index in [2.05, 4.69) is 20.9 Å². The number of aromatic carboxylic acids is 1. The normalized spacial score (nSPS) is 17.1. The van der Waals surface area contributed by atoms with Crippen LogP contribution in [0.4, 0.5) is 14.9 Å². The maximum absolute atomic E-state index is 15.2. The minimum absolute atomic E-state index is 0.0346. The first-order valence-electron chi connectivity index (χ1n) is 12.8. The van der Waals surface area contributed by atoms with Gasteiger partial charge in [0.15, 0.2) is 6.04 Å². The number of imide groups is 1. The number of likely N-dealkylation sites (N-methyl/N-ethyl adjacent to an activating group) is 1. The summed E-state index contributed by atoms with van der Waals surface area (Å²) >= 11 is 0. The second-order valence-corrected chi connectivity index (χ2v) is 9.42. The van der Waals surface area contributed by atoms with E-state index in [4.69, 9.17) is 4.65 Å². The third-order valence-corrected chi connectivity index (χ3v) is 6.61. The standard InChI is InChI=1S/C25H26BFN6O9/c1-3-32-7-8-33(23(37)22(32)36)25(40)31-19(18-16(27)10-14(11-28-18)29-12(2)34)21(35)30-17-9-13-5-4-6-15(24(38)39)20(13)42-26(17)41/h4-6,10-11,17,19,41H,3,7-9H2,1-2H3,(H,29,34)(H,30,35)(H,31,40)(H,38,39)/t17-,19?/m0/s1. The van der Waals surface area contributed by atoms with E-state index in [1.165, 1.54) is 30.0 Å². The number of rotatable bonds is 7. The van der Waals surface area contributed by atoms with E-state index in [1.807, 2.05) is 0 Å². The lowest BCUT2D eigenvalue weighted by Gasteiger charge is -2.33. The minimum Gasteiger partial charge on any atom is -0.534 e. The SMILES string of the molecule is CCN1CCN(C(=O)NC(C(=O)N[C@H]2Cc3cccc(C(=O)O)c3OB2O)c2ncc(NC(C)=O)cc2F)C(=O)C1=O. The first kappa shape index (κ1) is 29.9. The number of carboxylic acid groups (broad SMARTS) is 1. The van der Waals surface area contributed by atoms with Gasteiger partial charge in [0.05, 0.1) is 23.4 Å². The third-order valence-electron chi connectivity index (χ3n) is 6.61. The van der Waals surface area contributed by atoms with Gasteiger partial charge in [0.1, 0.15) is 17.3 Å². The number of amides is 6. The molecule has 42 heavy (non-hydrogen) atoms. The predicted octanol–water partition coefficient (Wildman–Crippen LogP) is -0.542. The lowest BCUT2D eigenvalue weighted by Crippen LogP contribution is -2.60. The van der Waals surface area contributed by atoms with E-state index in [0.717, 1.165) is 12.3 Å². The maximum atomic E-state index is 15.2. The van der Waals surface area contributed by atoms with Gasteiger partial charge in [0, 0.05) is 32.6 Å². The first-order chi connectivity index (χ1) is 19.9. The van der Waals surface area contributed by atoms with Gasteiger partial charge in [-0.15, -0.1) is 0 Å². The number of fused-ring (bicyclic) bond motifs is 1. The number of carboxylic acids is 1. The molecule has 220 valence electrons. The monoisotopic (exact) mass is 584 g/mol. The molecule has 2 aromatic rings. The fraction of sp³-hybridized carbons (Fsp3) is 0.320. The van der Waals surface area contributed by atoms with Crippen LogP contribution in [0, 0.1) is 5.82 Å². The highest BCUT2D eigenvalue weighted by Gasteiger charge is 2.41. The van der Waals surface area contributed by atoms with Crippen molar-refractivity contribution in [1.82, 2.24) is 25.4 Å². The Morgan fingerprint density at radius 2 is 1.95 bits per heavy atom. The summed E-state index contributed by atoms with van der Waals surface area (Å²) in [5.41, 5.74) is -0.476. The summed E-state index contributed by atoms with van der Waals surface area (Å²) in [7, 11) is -1.72. The molecule has 1 unspecified atom stereocenters. The highest BCUT2D eigenvalue weighted by Crippen LogP contribution is 2.30. The van der Waals surface area contributed by atoms with Gasteiger partial charge >= 0.3 is 30.9 Å². The molecule has 1 fully saturated rings. The lowest BCUT2D eigenvalue weighted by molar-refractivity contribution is -0.153. The van der Waals surface area contributed by atoms with E-state index in [1.54, 1.807) is 6.92 Å². The van der Waals surface area contributed by atoms with Gasteiger partial charge in [-0.2, -0.15) is 0 Å². The number of halogens is 1. The molecular formula is C25H26BFN6O9. The molecule has 2 atom stereocenters. The van der Waals surface area contributed by atoms with Crippen LogP contribution in [0.1, 0.15) is 41.5 Å². The fourth-order valence-corrected chi connectivity index (χ4v) is 4.54. The molecule has 0 spiro atoms. The third kappa shape index (κ3) is 6.15. The van der Waals surface area contributed by atoms with Crippen molar-refractivity contribution in [2.24, 2.45) is 0 Å². The predicted molar refractivity (Wildman–Crippen MR) is 141 cm³/mol. The Kier molecular flexibility index (Phi) is 8.70. The van der Waals surface area contributed by atoms with Crippen LogP contribution in [0.5, 0.6) is 5.75 Å². The van der Waals surface area contributed by atoms with Crippen molar-refractivity contribution < 1.29 is 47.9 Å². The zero-order valence-corrected chi connectivity index (χ0v) is 22.4. The fourth-order valence-electron chi connectivity index (χ4n) is 4.54. The van der Waals surface area contributed by atoms with Crippen molar-refractivity contribution in [2.45, 2.75) is 32.3 Å².